The summed E-state index contributed by atoms with van der Waals surface area (Å²) in [5.74, 6) is -4.56. The lowest BCUT2D eigenvalue weighted by molar-refractivity contribution is -0.179. The van der Waals surface area contributed by atoms with E-state index < -0.39 is 29.8 Å². The van der Waals surface area contributed by atoms with Crippen molar-refractivity contribution in [2.45, 2.75) is 43.3 Å². The van der Waals surface area contributed by atoms with E-state index in [2.05, 4.69) is 21.2 Å². The van der Waals surface area contributed by atoms with Crippen molar-refractivity contribution < 1.29 is 23.4 Å². The predicted octanol–water partition coefficient (Wildman–Crippen LogP) is 2.98. The summed E-state index contributed by atoms with van der Waals surface area (Å²) < 4.78 is 33.6. The van der Waals surface area contributed by atoms with Crippen LogP contribution in [0, 0.1) is 5.92 Å². The van der Waals surface area contributed by atoms with E-state index in [9.17, 15) is 18.7 Å². The standard InChI is InChI=1S/C17H20BrF2NO3/c18-13-3-1-11(2-4-13)17(23,12-5-7-16(19,20)9-12)15(22)24-14-6-8-21-10-14/h1-4,12,14,21,23H,5-10H2/t12-,14?,17+/m1/s1. The maximum atomic E-state index is 13.7. The third-order valence-electron chi connectivity index (χ3n) is 4.88. The average molecular weight is 404 g/mol. The molecule has 1 unspecified atom stereocenters. The molecule has 0 aromatic heterocycles. The summed E-state index contributed by atoms with van der Waals surface area (Å²) in [7, 11) is 0. The van der Waals surface area contributed by atoms with Crippen LogP contribution in [-0.2, 0) is 15.1 Å². The molecule has 132 valence electrons. The number of ether oxygens (including phenoxy) is 1. The Labute approximate surface area is 147 Å². The fraction of sp³-hybridized carbons (Fsp3) is 0.588. The van der Waals surface area contributed by atoms with Crippen LogP contribution in [0.15, 0.2) is 28.7 Å². The molecule has 2 aliphatic rings. The Morgan fingerprint density at radius 1 is 1.33 bits per heavy atom. The first-order chi connectivity index (χ1) is 11.3. The highest BCUT2D eigenvalue weighted by atomic mass is 79.9. The van der Waals surface area contributed by atoms with Gasteiger partial charge in [-0.25, -0.2) is 13.6 Å². The van der Waals surface area contributed by atoms with Crippen LogP contribution < -0.4 is 5.32 Å². The van der Waals surface area contributed by atoms with Crippen molar-refractivity contribution in [2.75, 3.05) is 13.1 Å². The van der Waals surface area contributed by atoms with Gasteiger partial charge >= 0.3 is 5.97 Å². The molecule has 7 heteroatoms. The zero-order chi connectivity index (χ0) is 17.4. The quantitative estimate of drug-likeness (QED) is 0.758. The number of carbonyl (C=O) groups is 1. The number of halogens is 3. The Hall–Kier alpha value is -1.05. The fourth-order valence-corrected chi connectivity index (χ4v) is 3.77. The Bertz CT molecular complexity index is 604. The molecule has 2 N–H and O–H groups in total. The topological polar surface area (TPSA) is 58.6 Å². The van der Waals surface area contributed by atoms with E-state index in [1.165, 1.54) is 0 Å². The lowest BCUT2D eigenvalue weighted by atomic mass is 9.80. The average Bonchev–Trinajstić information content (AvgIpc) is 3.16. The van der Waals surface area contributed by atoms with Gasteiger partial charge in [0.2, 0.25) is 5.92 Å². The third kappa shape index (κ3) is 3.48. The minimum Gasteiger partial charge on any atom is -0.459 e. The molecule has 1 saturated heterocycles. The molecule has 1 saturated carbocycles. The fourth-order valence-electron chi connectivity index (χ4n) is 3.50. The van der Waals surface area contributed by atoms with Gasteiger partial charge in [0.15, 0.2) is 5.60 Å². The third-order valence-corrected chi connectivity index (χ3v) is 5.41. The van der Waals surface area contributed by atoms with Crippen LogP contribution in [-0.4, -0.2) is 36.2 Å². The van der Waals surface area contributed by atoms with Crippen molar-refractivity contribution >= 4 is 21.9 Å². The van der Waals surface area contributed by atoms with Gasteiger partial charge in [-0.1, -0.05) is 28.1 Å². The molecule has 0 radical (unpaired) electrons. The van der Waals surface area contributed by atoms with E-state index >= 15 is 0 Å². The summed E-state index contributed by atoms with van der Waals surface area (Å²) in [6, 6.07) is 6.51. The molecule has 4 nitrogen and oxygen atoms in total. The van der Waals surface area contributed by atoms with Gasteiger partial charge in [0.05, 0.1) is 0 Å². The van der Waals surface area contributed by atoms with Crippen LogP contribution in [0.2, 0.25) is 0 Å². The number of esters is 1. The number of hydrogen-bond acceptors (Lipinski definition) is 4. The number of aliphatic hydroxyl groups is 1. The molecule has 0 bridgehead atoms. The Morgan fingerprint density at radius 2 is 2.04 bits per heavy atom. The number of alkyl halides is 2. The van der Waals surface area contributed by atoms with Gasteiger partial charge in [-0.05, 0) is 37.1 Å². The highest BCUT2D eigenvalue weighted by Gasteiger charge is 2.54. The van der Waals surface area contributed by atoms with Crippen LogP contribution in [0.4, 0.5) is 8.78 Å². The first-order valence-corrected chi connectivity index (χ1v) is 8.88. The number of rotatable bonds is 4. The van der Waals surface area contributed by atoms with Gasteiger partial charge in [0.25, 0.3) is 0 Å². The molecule has 24 heavy (non-hydrogen) atoms. The van der Waals surface area contributed by atoms with Crippen LogP contribution in [0.3, 0.4) is 0 Å². The summed E-state index contributed by atoms with van der Waals surface area (Å²) in [4.78, 5) is 12.7. The molecule has 3 rings (SSSR count). The lowest BCUT2D eigenvalue weighted by Gasteiger charge is -2.33. The molecule has 1 aromatic rings. The van der Waals surface area contributed by atoms with E-state index in [4.69, 9.17) is 4.74 Å². The van der Waals surface area contributed by atoms with Gasteiger partial charge in [0, 0.05) is 29.8 Å². The molecule has 0 spiro atoms. The van der Waals surface area contributed by atoms with Gasteiger partial charge in [-0.3, -0.25) is 0 Å². The number of carbonyl (C=O) groups excluding carboxylic acids is 1. The second-order valence-corrected chi connectivity index (χ2v) is 7.50. The van der Waals surface area contributed by atoms with E-state index in [0.29, 0.717) is 18.5 Å². The molecular formula is C17H20BrF2NO3. The zero-order valence-electron chi connectivity index (χ0n) is 13.1. The molecule has 1 aliphatic carbocycles. The largest absolute Gasteiger partial charge is 0.459 e. The van der Waals surface area contributed by atoms with Crippen molar-refractivity contribution in [3.05, 3.63) is 34.3 Å². The summed E-state index contributed by atoms with van der Waals surface area (Å²) in [5, 5.41) is 14.3. The maximum absolute atomic E-state index is 13.7. The number of benzene rings is 1. The molecule has 0 amide bonds. The van der Waals surface area contributed by atoms with Crippen molar-refractivity contribution in [3.8, 4) is 0 Å². The van der Waals surface area contributed by atoms with Crippen molar-refractivity contribution in [1.82, 2.24) is 5.32 Å². The molecule has 1 aromatic carbocycles. The second-order valence-electron chi connectivity index (χ2n) is 6.59. The predicted molar refractivity (Wildman–Crippen MR) is 87.7 cm³/mol. The Morgan fingerprint density at radius 3 is 2.58 bits per heavy atom. The van der Waals surface area contributed by atoms with Crippen molar-refractivity contribution in [1.29, 1.82) is 0 Å². The minimum atomic E-state index is -2.86. The highest BCUT2D eigenvalue weighted by molar-refractivity contribution is 9.10. The Balaban J connectivity index is 1.90. The molecular weight excluding hydrogens is 384 g/mol. The summed E-state index contributed by atoms with van der Waals surface area (Å²) in [6.45, 7) is 1.25. The van der Waals surface area contributed by atoms with E-state index in [-0.39, 0.29) is 18.9 Å². The lowest BCUT2D eigenvalue weighted by Crippen LogP contribution is -2.45. The van der Waals surface area contributed by atoms with Crippen molar-refractivity contribution in [3.63, 3.8) is 0 Å². The molecule has 1 heterocycles. The summed E-state index contributed by atoms with van der Waals surface area (Å²) >= 11 is 3.30. The van der Waals surface area contributed by atoms with Crippen LogP contribution in [0.1, 0.15) is 31.2 Å². The maximum Gasteiger partial charge on any atom is 0.343 e. The monoisotopic (exact) mass is 403 g/mol. The van der Waals surface area contributed by atoms with E-state index in [1.54, 1.807) is 24.3 Å². The van der Waals surface area contributed by atoms with Crippen LogP contribution >= 0.6 is 15.9 Å². The minimum absolute atomic E-state index is 0.0809. The number of hydrogen-bond donors (Lipinski definition) is 2. The second kappa shape index (κ2) is 6.69. The number of nitrogens with one attached hydrogen (secondary N) is 1. The first kappa shape index (κ1) is 17.8. The van der Waals surface area contributed by atoms with E-state index in [1.807, 2.05) is 0 Å². The van der Waals surface area contributed by atoms with Crippen LogP contribution in [0.25, 0.3) is 0 Å². The normalized spacial score (nSPS) is 28.5. The van der Waals surface area contributed by atoms with E-state index in [0.717, 1.165) is 11.0 Å². The highest BCUT2D eigenvalue weighted by Crippen LogP contribution is 2.48. The Kier molecular flexibility index (Phi) is 4.95. The molecule has 3 atom stereocenters. The SMILES string of the molecule is O=C(OC1CCNC1)[C@](O)(c1ccc(Br)cc1)[C@@H]1CCC(F)(F)C1. The summed E-state index contributed by atoms with van der Waals surface area (Å²) in [5.41, 5.74) is -1.76. The summed E-state index contributed by atoms with van der Waals surface area (Å²) in [6.07, 6.45) is -0.436. The first-order valence-electron chi connectivity index (χ1n) is 8.09. The molecule has 2 fully saturated rings. The van der Waals surface area contributed by atoms with Crippen molar-refractivity contribution in [2.24, 2.45) is 5.92 Å². The van der Waals surface area contributed by atoms with Gasteiger partial charge in [-0.15, -0.1) is 0 Å². The molecule has 1 aliphatic heterocycles. The van der Waals surface area contributed by atoms with Gasteiger partial charge < -0.3 is 15.2 Å². The van der Waals surface area contributed by atoms with Crippen LogP contribution in [0.5, 0.6) is 0 Å². The van der Waals surface area contributed by atoms with Gasteiger partial charge in [-0.2, -0.15) is 0 Å². The smallest absolute Gasteiger partial charge is 0.343 e. The zero-order valence-corrected chi connectivity index (χ0v) is 14.7. The van der Waals surface area contributed by atoms with Gasteiger partial charge in [0.1, 0.15) is 6.10 Å².